The third-order valence-electron chi connectivity index (χ3n) is 5.38. The Morgan fingerprint density at radius 3 is 2.32 bits per heavy atom. The van der Waals surface area contributed by atoms with Gasteiger partial charge in [0.1, 0.15) is 0 Å². The van der Waals surface area contributed by atoms with E-state index in [1.165, 1.54) is 11.1 Å². The smallest absolute Gasteiger partial charge is 0.320 e. The molecule has 1 aromatic rings. The highest BCUT2D eigenvalue weighted by atomic mass is 32.2. The van der Waals surface area contributed by atoms with Gasteiger partial charge in [-0.3, -0.25) is 0 Å². The molecule has 0 radical (unpaired) electrons. The third kappa shape index (κ3) is 3.89. The average molecular weight is 362 g/mol. The van der Waals surface area contributed by atoms with Crippen molar-refractivity contribution in [3.63, 3.8) is 0 Å². The Morgan fingerprint density at radius 1 is 1.08 bits per heavy atom. The lowest BCUT2D eigenvalue weighted by molar-refractivity contribution is 0.214. The summed E-state index contributed by atoms with van der Waals surface area (Å²) in [5.74, 6) is 0. The molecule has 1 fully saturated rings. The molecule has 1 aliphatic carbocycles. The molecule has 1 saturated carbocycles. The molecule has 0 unspecified atom stereocenters. The molecule has 3 rings (SSSR count). The van der Waals surface area contributed by atoms with Crippen LogP contribution in [0.15, 0.2) is 40.3 Å². The van der Waals surface area contributed by atoms with Gasteiger partial charge in [-0.1, -0.05) is 24.0 Å². The standard InChI is InChI=1S/C19H26N2O3S/c1-14-11-12-21(13-15(14)2)19(22)20-16-7-9-18(10-8-16)25(23,24)17-5-3-4-6-17/h7-10,17H,3-6,11-13H2,1-2H3,(H,20,22). The van der Waals surface area contributed by atoms with Crippen molar-refractivity contribution in [3.05, 3.63) is 35.4 Å². The maximum Gasteiger partial charge on any atom is 0.322 e. The minimum Gasteiger partial charge on any atom is -0.320 e. The van der Waals surface area contributed by atoms with Gasteiger partial charge in [0.15, 0.2) is 9.84 Å². The number of nitrogens with zero attached hydrogens (tertiary/aromatic N) is 1. The summed E-state index contributed by atoms with van der Waals surface area (Å²) in [4.78, 5) is 14.5. The second-order valence-corrected chi connectivity index (χ2v) is 9.37. The second-order valence-electron chi connectivity index (χ2n) is 7.14. The van der Waals surface area contributed by atoms with Gasteiger partial charge in [-0.05, 0) is 57.4 Å². The van der Waals surface area contributed by atoms with Crippen molar-refractivity contribution in [2.45, 2.75) is 56.1 Å². The van der Waals surface area contributed by atoms with Crippen LogP contribution in [0.25, 0.3) is 0 Å². The molecule has 1 aliphatic heterocycles. The number of carbonyl (C=O) groups excluding carboxylic acids is 1. The highest BCUT2D eigenvalue weighted by Crippen LogP contribution is 2.30. The van der Waals surface area contributed by atoms with Gasteiger partial charge < -0.3 is 10.2 Å². The van der Waals surface area contributed by atoms with Crippen molar-refractivity contribution in [1.82, 2.24) is 4.90 Å². The van der Waals surface area contributed by atoms with Crippen LogP contribution in [-0.4, -0.2) is 37.7 Å². The predicted octanol–water partition coefficient (Wildman–Crippen LogP) is 3.98. The number of carbonyl (C=O) groups is 1. The number of hydrogen-bond donors (Lipinski definition) is 1. The monoisotopic (exact) mass is 362 g/mol. The number of anilines is 1. The van der Waals surface area contributed by atoms with E-state index < -0.39 is 9.84 Å². The first-order chi connectivity index (χ1) is 11.9. The number of amides is 2. The van der Waals surface area contributed by atoms with E-state index in [9.17, 15) is 13.2 Å². The molecule has 0 saturated heterocycles. The zero-order valence-electron chi connectivity index (χ0n) is 14.9. The zero-order valence-corrected chi connectivity index (χ0v) is 15.7. The van der Waals surface area contributed by atoms with Crippen LogP contribution in [0.5, 0.6) is 0 Å². The summed E-state index contributed by atoms with van der Waals surface area (Å²) in [6.07, 6.45) is 4.38. The predicted molar refractivity (Wildman–Crippen MR) is 99.5 cm³/mol. The Hall–Kier alpha value is -1.82. The van der Waals surface area contributed by atoms with Crippen LogP contribution in [0, 0.1) is 0 Å². The topological polar surface area (TPSA) is 66.5 Å². The molecule has 0 atom stereocenters. The van der Waals surface area contributed by atoms with Crippen LogP contribution in [0.4, 0.5) is 10.5 Å². The number of urea groups is 1. The molecular weight excluding hydrogens is 336 g/mol. The second kappa shape index (κ2) is 7.20. The van der Waals surface area contributed by atoms with E-state index in [1.54, 1.807) is 29.2 Å². The number of rotatable bonds is 3. The molecule has 25 heavy (non-hydrogen) atoms. The molecule has 1 N–H and O–H groups in total. The normalized spacial score (nSPS) is 19.4. The van der Waals surface area contributed by atoms with Crippen LogP contribution >= 0.6 is 0 Å². The highest BCUT2D eigenvalue weighted by molar-refractivity contribution is 7.92. The fraction of sp³-hybridized carbons (Fsp3) is 0.526. The fourth-order valence-electron chi connectivity index (χ4n) is 3.51. The fourth-order valence-corrected chi connectivity index (χ4v) is 5.37. The lowest BCUT2D eigenvalue weighted by Gasteiger charge is -2.28. The molecule has 1 aromatic carbocycles. The lowest BCUT2D eigenvalue weighted by Crippen LogP contribution is -2.39. The first-order valence-electron chi connectivity index (χ1n) is 8.93. The maximum absolute atomic E-state index is 12.6. The Kier molecular flexibility index (Phi) is 5.18. The molecule has 2 aliphatic rings. The van der Waals surface area contributed by atoms with Gasteiger partial charge in [-0.15, -0.1) is 0 Å². The van der Waals surface area contributed by atoms with Gasteiger partial charge in [0.25, 0.3) is 0 Å². The summed E-state index contributed by atoms with van der Waals surface area (Å²) in [6, 6.07) is 6.43. The molecule has 136 valence electrons. The molecule has 6 heteroatoms. The summed E-state index contributed by atoms with van der Waals surface area (Å²) in [5.41, 5.74) is 3.21. The molecule has 0 spiro atoms. The summed E-state index contributed by atoms with van der Waals surface area (Å²) in [5, 5.41) is 2.61. The summed E-state index contributed by atoms with van der Waals surface area (Å²) >= 11 is 0. The van der Waals surface area contributed by atoms with E-state index in [0.717, 1.165) is 32.1 Å². The van der Waals surface area contributed by atoms with E-state index >= 15 is 0 Å². The first kappa shape index (κ1) is 18.0. The lowest BCUT2D eigenvalue weighted by atomic mass is 10.0. The number of nitrogens with one attached hydrogen (secondary N) is 1. The van der Waals surface area contributed by atoms with Crippen molar-refractivity contribution >= 4 is 21.6 Å². The minimum absolute atomic E-state index is 0.141. The number of hydrogen-bond acceptors (Lipinski definition) is 3. The van der Waals surface area contributed by atoms with Crippen molar-refractivity contribution < 1.29 is 13.2 Å². The van der Waals surface area contributed by atoms with Gasteiger partial charge in [-0.2, -0.15) is 0 Å². The van der Waals surface area contributed by atoms with Gasteiger partial charge in [0, 0.05) is 18.8 Å². The molecular formula is C19H26N2O3S. The van der Waals surface area contributed by atoms with Crippen molar-refractivity contribution in [2.24, 2.45) is 0 Å². The van der Waals surface area contributed by atoms with Crippen molar-refractivity contribution in [3.8, 4) is 0 Å². The van der Waals surface area contributed by atoms with Crippen molar-refractivity contribution in [1.29, 1.82) is 0 Å². The summed E-state index contributed by atoms with van der Waals surface area (Å²) in [6.45, 7) is 5.51. The molecule has 1 heterocycles. The van der Waals surface area contributed by atoms with Crippen LogP contribution in [0.1, 0.15) is 46.0 Å². The minimum atomic E-state index is -3.25. The van der Waals surface area contributed by atoms with Crippen LogP contribution in [0.3, 0.4) is 0 Å². The van der Waals surface area contributed by atoms with E-state index in [2.05, 4.69) is 19.2 Å². The Morgan fingerprint density at radius 2 is 1.72 bits per heavy atom. The first-order valence-corrected chi connectivity index (χ1v) is 10.5. The quantitative estimate of drug-likeness (QED) is 0.827. The highest BCUT2D eigenvalue weighted by Gasteiger charge is 2.30. The number of benzene rings is 1. The maximum atomic E-state index is 12.6. The van der Waals surface area contributed by atoms with Gasteiger partial charge >= 0.3 is 6.03 Å². The van der Waals surface area contributed by atoms with Gasteiger partial charge in [-0.25, -0.2) is 13.2 Å². The van der Waals surface area contributed by atoms with E-state index in [0.29, 0.717) is 23.7 Å². The SMILES string of the molecule is CC1=C(C)CN(C(=O)Nc2ccc(S(=O)(=O)C3CCCC3)cc2)CC1. The average Bonchev–Trinajstić information content (AvgIpc) is 3.13. The molecule has 0 aromatic heterocycles. The summed E-state index contributed by atoms with van der Waals surface area (Å²) < 4.78 is 25.2. The van der Waals surface area contributed by atoms with E-state index in [4.69, 9.17) is 0 Å². The molecule has 5 nitrogen and oxygen atoms in total. The van der Waals surface area contributed by atoms with Gasteiger partial charge in [0.2, 0.25) is 0 Å². The van der Waals surface area contributed by atoms with Crippen molar-refractivity contribution in [2.75, 3.05) is 18.4 Å². The van der Waals surface area contributed by atoms with Crippen LogP contribution in [0.2, 0.25) is 0 Å². The van der Waals surface area contributed by atoms with Crippen LogP contribution in [-0.2, 0) is 9.84 Å². The molecule has 0 bridgehead atoms. The summed E-state index contributed by atoms with van der Waals surface area (Å²) in [7, 11) is -3.25. The van der Waals surface area contributed by atoms with E-state index in [-0.39, 0.29) is 11.3 Å². The number of sulfone groups is 1. The third-order valence-corrected chi connectivity index (χ3v) is 7.65. The van der Waals surface area contributed by atoms with E-state index in [1.807, 2.05) is 0 Å². The van der Waals surface area contributed by atoms with Gasteiger partial charge in [0.05, 0.1) is 10.1 Å². The Balaban J connectivity index is 1.66. The largest absolute Gasteiger partial charge is 0.322 e. The Bertz CT molecular complexity index is 775. The zero-order chi connectivity index (χ0) is 18.0. The molecule has 2 amide bonds. The Labute approximate surface area is 150 Å². The van der Waals surface area contributed by atoms with Crippen LogP contribution < -0.4 is 5.32 Å².